The summed E-state index contributed by atoms with van der Waals surface area (Å²) in [5, 5.41) is 11.8. The minimum Gasteiger partial charge on any atom is -0.480 e. The standard InChI is InChI=1S/C15H16F2N2O3/c16-10-2-1-3-11(17)12(10)19-7-4-9(8-19)18-13(20)15(5-6-15)14(21)22/h1-3,9H,4-8H2,(H,18,20)(H,21,22)/t9-/m0/s1. The molecule has 22 heavy (non-hydrogen) atoms. The van der Waals surface area contributed by atoms with Crippen molar-refractivity contribution < 1.29 is 23.5 Å². The van der Waals surface area contributed by atoms with E-state index < -0.39 is 28.9 Å². The van der Waals surface area contributed by atoms with Crippen LogP contribution in [0.25, 0.3) is 0 Å². The molecule has 0 aromatic heterocycles. The van der Waals surface area contributed by atoms with Crippen LogP contribution in [0, 0.1) is 17.0 Å². The third-order valence-electron chi connectivity index (χ3n) is 4.37. The first kappa shape index (κ1) is 14.7. The van der Waals surface area contributed by atoms with Gasteiger partial charge in [-0.15, -0.1) is 0 Å². The number of hydrogen-bond donors (Lipinski definition) is 2. The zero-order chi connectivity index (χ0) is 15.9. The second kappa shape index (κ2) is 5.23. The third kappa shape index (κ3) is 2.40. The molecule has 3 rings (SSSR count). The number of carbonyl (C=O) groups excluding carboxylic acids is 1. The van der Waals surface area contributed by atoms with Crippen molar-refractivity contribution in [2.45, 2.75) is 25.3 Å². The van der Waals surface area contributed by atoms with Gasteiger partial charge in [0, 0.05) is 19.1 Å². The highest BCUT2D eigenvalue weighted by molar-refractivity contribution is 6.04. The number of amides is 1. The Labute approximate surface area is 125 Å². The second-order valence-corrected chi connectivity index (χ2v) is 5.86. The van der Waals surface area contributed by atoms with E-state index in [-0.39, 0.29) is 18.3 Å². The van der Waals surface area contributed by atoms with Crippen molar-refractivity contribution in [3.05, 3.63) is 29.8 Å². The first-order valence-corrected chi connectivity index (χ1v) is 7.17. The Kier molecular flexibility index (Phi) is 3.50. The maximum Gasteiger partial charge on any atom is 0.319 e. The molecule has 1 atom stereocenters. The lowest BCUT2D eigenvalue weighted by molar-refractivity contribution is -0.149. The first-order chi connectivity index (χ1) is 10.4. The zero-order valence-electron chi connectivity index (χ0n) is 11.8. The molecule has 2 fully saturated rings. The Morgan fingerprint density at radius 2 is 1.91 bits per heavy atom. The predicted molar refractivity (Wildman–Crippen MR) is 74.4 cm³/mol. The van der Waals surface area contributed by atoms with Crippen LogP contribution in [0.5, 0.6) is 0 Å². The van der Waals surface area contributed by atoms with E-state index in [0.29, 0.717) is 25.8 Å². The summed E-state index contributed by atoms with van der Waals surface area (Å²) in [6.45, 7) is 0.669. The van der Waals surface area contributed by atoms with Crippen molar-refractivity contribution in [2.24, 2.45) is 5.41 Å². The topological polar surface area (TPSA) is 69.6 Å². The number of carbonyl (C=O) groups is 2. The Balaban J connectivity index is 1.66. The maximum absolute atomic E-state index is 13.8. The van der Waals surface area contributed by atoms with E-state index in [0.717, 1.165) is 0 Å². The van der Waals surface area contributed by atoms with Gasteiger partial charge in [-0.25, -0.2) is 8.78 Å². The lowest BCUT2D eigenvalue weighted by atomic mass is 10.1. The van der Waals surface area contributed by atoms with Crippen LogP contribution in [0.1, 0.15) is 19.3 Å². The van der Waals surface area contributed by atoms with Crippen molar-refractivity contribution >= 4 is 17.6 Å². The summed E-state index contributed by atoms with van der Waals surface area (Å²) in [5.41, 5.74) is -1.39. The summed E-state index contributed by atoms with van der Waals surface area (Å²) in [4.78, 5) is 24.7. The number of rotatable bonds is 4. The van der Waals surface area contributed by atoms with Gasteiger partial charge in [-0.2, -0.15) is 0 Å². The molecule has 1 saturated carbocycles. The number of anilines is 1. The molecule has 0 spiro atoms. The number of aliphatic carboxylic acids is 1. The Hall–Kier alpha value is -2.18. The molecular formula is C15H16F2N2O3. The van der Waals surface area contributed by atoms with E-state index >= 15 is 0 Å². The summed E-state index contributed by atoms with van der Waals surface area (Å²) in [5.74, 6) is -2.90. The van der Waals surface area contributed by atoms with Gasteiger partial charge in [0.2, 0.25) is 5.91 Å². The summed E-state index contributed by atoms with van der Waals surface area (Å²) >= 11 is 0. The average molecular weight is 310 g/mol. The minimum atomic E-state index is -1.29. The summed E-state index contributed by atoms with van der Waals surface area (Å²) in [6.07, 6.45) is 1.20. The molecule has 1 aliphatic heterocycles. The van der Waals surface area contributed by atoms with Gasteiger partial charge in [0.25, 0.3) is 0 Å². The number of halogens is 2. The number of hydrogen-bond acceptors (Lipinski definition) is 3. The molecule has 1 amide bonds. The fourth-order valence-electron chi connectivity index (χ4n) is 2.86. The van der Waals surface area contributed by atoms with Gasteiger partial charge in [0.15, 0.2) is 0 Å². The molecule has 1 aromatic carbocycles. The van der Waals surface area contributed by atoms with Crippen LogP contribution < -0.4 is 10.2 Å². The number of carboxylic acid groups (broad SMARTS) is 1. The Morgan fingerprint density at radius 3 is 2.45 bits per heavy atom. The van der Waals surface area contributed by atoms with Gasteiger partial charge < -0.3 is 15.3 Å². The number of benzene rings is 1. The van der Waals surface area contributed by atoms with Crippen LogP contribution in [0.15, 0.2) is 18.2 Å². The van der Waals surface area contributed by atoms with Gasteiger partial charge in [-0.1, -0.05) is 6.07 Å². The summed E-state index contributed by atoms with van der Waals surface area (Å²) < 4.78 is 27.5. The molecule has 2 N–H and O–H groups in total. The fourth-order valence-corrected chi connectivity index (χ4v) is 2.86. The van der Waals surface area contributed by atoms with E-state index in [1.807, 2.05) is 0 Å². The molecule has 1 saturated heterocycles. The van der Waals surface area contributed by atoms with Crippen molar-refractivity contribution in [2.75, 3.05) is 18.0 Å². The van der Waals surface area contributed by atoms with Crippen molar-refractivity contribution in [1.29, 1.82) is 0 Å². The van der Waals surface area contributed by atoms with Crippen LogP contribution in [-0.4, -0.2) is 36.1 Å². The minimum absolute atomic E-state index is 0.0985. The van der Waals surface area contributed by atoms with Gasteiger partial charge in [0.1, 0.15) is 22.7 Å². The highest BCUT2D eigenvalue weighted by atomic mass is 19.1. The van der Waals surface area contributed by atoms with E-state index in [1.54, 1.807) is 0 Å². The maximum atomic E-state index is 13.8. The van der Waals surface area contributed by atoms with Crippen LogP contribution in [0.2, 0.25) is 0 Å². The van der Waals surface area contributed by atoms with E-state index in [1.165, 1.54) is 23.1 Å². The number of nitrogens with zero attached hydrogens (tertiary/aromatic N) is 1. The number of para-hydroxylation sites is 1. The molecule has 5 nitrogen and oxygen atoms in total. The molecule has 0 bridgehead atoms. The average Bonchev–Trinajstić information content (AvgIpc) is 3.16. The highest BCUT2D eigenvalue weighted by Crippen LogP contribution is 2.46. The van der Waals surface area contributed by atoms with Gasteiger partial charge >= 0.3 is 5.97 Å². The molecule has 0 radical (unpaired) electrons. The molecule has 1 heterocycles. The molecule has 118 valence electrons. The Bertz CT molecular complexity index is 611. The van der Waals surface area contributed by atoms with Crippen LogP contribution in [0.4, 0.5) is 14.5 Å². The predicted octanol–water partition coefficient (Wildman–Crippen LogP) is 1.52. The molecule has 1 aromatic rings. The van der Waals surface area contributed by atoms with Crippen molar-refractivity contribution in [1.82, 2.24) is 5.32 Å². The second-order valence-electron chi connectivity index (χ2n) is 5.86. The first-order valence-electron chi connectivity index (χ1n) is 7.17. The van der Waals surface area contributed by atoms with E-state index in [4.69, 9.17) is 5.11 Å². The van der Waals surface area contributed by atoms with Gasteiger partial charge in [-0.3, -0.25) is 9.59 Å². The molecule has 1 aliphatic carbocycles. The van der Waals surface area contributed by atoms with Crippen molar-refractivity contribution in [3.63, 3.8) is 0 Å². The Morgan fingerprint density at radius 1 is 1.27 bits per heavy atom. The quantitative estimate of drug-likeness (QED) is 0.828. The van der Waals surface area contributed by atoms with Gasteiger partial charge in [-0.05, 0) is 31.4 Å². The monoisotopic (exact) mass is 310 g/mol. The lowest BCUT2D eigenvalue weighted by Gasteiger charge is -2.21. The van der Waals surface area contributed by atoms with Crippen LogP contribution in [0.3, 0.4) is 0 Å². The van der Waals surface area contributed by atoms with Crippen molar-refractivity contribution in [3.8, 4) is 0 Å². The summed E-state index contributed by atoms with van der Waals surface area (Å²) in [6, 6.07) is 3.37. The third-order valence-corrected chi connectivity index (χ3v) is 4.37. The molecule has 0 unspecified atom stereocenters. The number of nitrogens with one attached hydrogen (secondary N) is 1. The normalized spacial score (nSPS) is 22.5. The largest absolute Gasteiger partial charge is 0.480 e. The molecule has 2 aliphatic rings. The SMILES string of the molecule is O=C(O)C1(C(=O)N[C@H]2CCN(c3c(F)cccc3F)C2)CC1. The van der Waals surface area contributed by atoms with E-state index in [2.05, 4.69) is 5.32 Å². The van der Waals surface area contributed by atoms with Crippen LogP contribution >= 0.6 is 0 Å². The van der Waals surface area contributed by atoms with Crippen LogP contribution in [-0.2, 0) is 9.59 Å². The summed E-state index contributed by atoms with van der Waals surface area (Å²) in [7, 11) is 0. The fraction of sp³-hybridized carbons (Fsp3) is 0.467. The van der Waals surface area contributed by atoms with E-state index in [9.17, 15) is 18.4 Å². The molecule has 7 heteroatoms. The zero-order valence-corrected chi connectivity index (χ0v) is 11.8. The number of carboxylic acids is 1. The lowest BCUT2D eigenvalue weighted by Crippen LogP contribution is -2.44. The molecular weight excluding hydrogens is 294 g/mol. The van der Waals surface area contributed by atoms with Gasteiger partial charge in [0.05, 0.1) is 0 Å². The smallest absolute Gasteiger partial charge is 0.319 e. The highest BCUT2D eigenvalue weighted by Gasteiger charge is 2.57.